The number of hydrogen-bond donors (Lipinski definition) is 1. The highest BCUT2D eigenvalue weighted by molar-refractivity contribution is 9.11. The molecule has 94 valence electrons. The Bertz CT molecular complexity index is 531. The number of halogens is 2. The first-order valence-electron chi connectivity index (χ1n) is 5.23. The van der Waals surface area contributed by atoms with E-state index in [1.165, 1.54) is 0 Å². The van der Waals surface area contributed by atoms with Gasteiger partial charge in [-0.15, -0.1) is 0 Å². The van der Waals surface area contributed by atoms with E-state index in [-0.39, 0.29) is 0 Å². The molecule has 4 nitrogen and oxygen atoms in total. The van der Waals surface area contributed by atoms with Crippen molar-refractivity contribution in [3.63, 3.8) is 0 Å². The summed E-state index contributed by atoms with van der Waals surface area (Å²) in [5.74, 6) is 1.41. The lowest BCUT2D eigenvalue weighted by atomic mass is 10.3. The van der Waals surface area contributed by atoms with Crippen molar-refractivity contribution in [2.75, 3.05) is 12.4 Å². The van der Waals surface area contributed by atoms with Crippen LogP contribution >= 0.6 is 31.9 Å². The monoisotopic (exact) mass is 371 g/mol. The fraction of sp³-hybridized carbons (Fsp3) is 0.167. The molecule has 0 radical (unpaired) electrons. The molecule has 0 unspecified atom stereocenters. The maximum atomic E-state index is 5.01. The van der Waals surface area contributed by atoms with Crippen molar-refractivity contribution in [3.8, 4) is 5.88 Å². The fourth-order valence-electron chi connectivity index (χ4n) is 1.37. The summed E-state index contributed by atoms with van der Waals surface area (Å²) in [5.41, 5.74) is 1.06. The largest absolute Gasteiger partial charge is 0.481 e. The summed E-state index contributed by atoms with van der Waals surface area (Å²) in [6.45, 7) is 0.657. The maximum Gasteiger partial charge on any atom is 0.212 e. The van der Waals surface area contributed by atoms with Crippen LogP contribution in [0.2, 0.25) is 0 Å². The highest BCUT2D eigenvalue weighted by atomic mass is 79.9. The Morgan fingerprint density at radius 2 is 2.06 bits per heavy atom. The molecule has 2 aromatic heterocycles. The lowest BCUT2D eigenvalue weighted by molar-refractivity contribution is 0.397. The van der Waals surface area contributed by atoms with E-state index in [9.17, 15) is 0 Å². The average molecular weight is 373 g/mol. The minimum absolute atomic E-state index is 0.613. The molecule has 0 aliphatic rings. The third-order valence-electron chi connectivity index (χ3n) is 2.27. The molecule has 0 spiro atoms. The van der Waals surface area contributed by atoms with Gasteiger partial charge < -0.3 is 10.1 Å². The van der Waals surface area contributed by atoms with Gasteiger partial charge in [-0.05, 0) is 43.5 Å². The zero-order valence-electron chi connectivity index (χ0n) is 9.65. The molecule has 0 atom stereocenters. The van der Waals surface area contributed by atoms with Crippen LogP contribution in [0.3, 0.4) is 0 Å². The second-order valence-electron chi connectivity index (χ2n) is 3.55. The lowest BCUT2D eigenvalue weighted by Gasteiger charge is -2.08. The lowest BCUT2D eigenvalue weighted by Crippen LogP contribution is -2.02. The Hall–Kier alpha value is -1.14. The molecular formula is C12H11Br2N3O. The van der Waals surface area contributed by atoms with Gasteiger partial charge in [-0.2, -0.15) is 0 Å². The van der Waals surface area contributed by atoms with E-state index >= 15 is 0 Å². The van der Waals surface area contributed by atoms with Gasteiger partial charge in [0, 0.05) is 29.5 Å². The van der Waals surface area contributed by atoms with Crippen LogP contribution in [0.5, 0.6) is 5.88 Å². The van der Waals surface area contributed by atoms with Gasteiger partial charge >= 0.3 is 0 Å². The van der Waals surface area contributed by atoms with Crippen LogP contribution in [0.25, 0.3) is 0 Å². The minimum atomic E-state index is 0.613. The van der Waals surface area contributed by atoms with Gasteiger partial charge in [-0.1, -0.05) is 6.07 Å². The summed E-state index contributed by atoms with van der Waals surface area (Å²) >= 11 is 6.82. The second kappa shape index (κ2) is 6.15. The average Bonchev–Trinajstić information content (AvgIpc) is 2.38. The van der Waals surface area contributed by atoms with Crippen molar-refractivity contribution in [2.24, 2.45) is 0 Å². The normalized spacial score (nSPS) is 10.2. The Kier molecular flexibility index (Phi) is 4.54. The van der Waals surface area contributed by atoms with Crippen molar-refractivity contribution < 1.29 is 4.74 Å². The van der Waals surface area contributed by atoms with Gasteiger partial charge in [0.05, 0.1) is 11.6 Å². The molecule has 0 aliphatic carbocycles. The molecule has 0 aliphatic heterocycles. The van der Waals surface area contributed by atoms with Crippen LogP contribution in [0.4, 0.5) is 5.82 Å². The number of anilines is 1. The zero-order valence-corrected chi connectivity index (χ0v) is 12.8. The standard InChI is InChI=1S/C12H11Br2N3O/c1-18-11-3-2-8(5-15-11)6-16-12-10(14)4-9(13)7-17-12/h2-5,7H,6H2,1H3,(H,16,17). The van der Waals surface area contributed by atoms with E-state index in [1.54, 1.807) is 19.5 Å². The molecule has 6 heteroatoms. The van der Waals surface area contributed by atoms with Crippen molar-refractivity contribution >= 4 is 37.7 Å². The highest BCUT2D eigenvalue weighted by Crippen LogP contribution is 2.23. The summed E-state index contributed by atoms with van der Waals surface area (Å²) in [4.78, 5) is 8.42. The zero-order chi connectivity index (χ0) is 13.0. The predicted molar refractivity (Wildman–Crippen MR) is 77.8 cm³/mol. The number of nitrogens with zero attached hydrogens (tertiary/aromatic N) is 2. The molecule has 0 saturated carbocycles. The first-order valence-corrected chi connectivity index (χ1v) is 6.81. The van der Waals surface area contributed by atoms with E-state index in [1.807, 2.05) is 18.2 Å². The number of nitrogens with one attached hydrogen (secondary N) is 1. The summed E-state index contributed by atoms with van der Waals surface area (Å²) in [6.07, 6.45) is 3.53. The molecule has 2 heterocycles. The van der Waals surface area contributed by atoms with E-state index in [2.05, 4.69) is 47.1 Å². The Morgan fingerprint density at radius 3 is 2.67 bits per heavy atom. The maximum absolute atomic E-state index is 5.01. The third kappa shape index (κ3) is 3.43. The number of aromatic nitrogens is 2. The molecule has 2 aromatic rings. The summed E-state index contributed by atoms with van der Waals surface area (Å²) in [7, 11) is 1.60. The Morgan fingerprint density at radius 1 is 1.22 bits per heavy atom. The van der Waals surface area contributed by atoms with Crippen molar-refractivity contribution in [3.05, 3.63) is 45.1 Å². The Labute approximate surface area is 122 Å². The minimum Gasteiger partial charge on any atom is -0.481 e. The highest BCUT2D eigenvalue weighted by Gasteiger charge is 2.02. The van der Waals surface area contributed by atoms with E-state index < -0.39 is 0 Å². The van der Waals surface area contributed by atoms with Crippen molar-refractivity contribution in [1.82, 2.24) is 9.97 Å². The summed E-state index contributed by atoms with van der Waals surface area (Å²) in [6, 6.07) is 5.74. The number of methoxy groups -OCH3 is 1. The topological polar surface area (TPSA) is 47.0 Å². The molecule has 0 saturated heterocycles. The molecule has 0 bridgehead atoms. The van der Waals surface area contributed by atoms with Crippen LogP contribution in [0.15, 0.2) is 39.5 Å². The van der Waals surface area contributed by atoms with Crippen LogP contribution in [0, 0.1) is 0 Å². The molecule has 0 fully saturated rings. The number of rotatable bonds is 4. The third-order valence-corrected chi connectivity index (χ3v) is 3.31. The fourth-order valence-corrected chi connectivity index (χ4v) is 2.49. The SMILES string of the molecule is COc1ccc(CNc2ncc(Br)cc2Br)cn1. The molecule has 1 N–H and O–H groups in total. The number of ether oxygens (including phenoxy) is 1. The van der Waals surface area contributed by atoms with Crippen molar-refractivity contribution in [2.45, 2.75) is 6.54 Å². The van der Waals surface area contributed by atoms with Crippen LogP contribution < -0.4 is 10.1 Å². The smallest absolute Gasteiger partial charge is 0.212 e. The Balaban J connectivity index is 2.02. The second-order valence-corrected chi connectivity index (χ2v) is 5.32. The van der Waals surface area contributed by atoms with E-state index in [0.717, 1.165) is 20.3 Å². The molecular weight excluding hydrogens is 362 g/mol. The predicted octanol–water partition coefficient (Wildman–Crippen LogP) is 3.62. The van der Waals surface area contributed by atoms with Crippen molar-refractivity contribution in [1.29, 1.82) is 0 Å². The van der Waals surface area contributed by atoms with Crippen LogP contribution in [-0.2, 0) is 6.54 Å². The quantitative estimate of drug-likeness (QED) is 0.890. The van der Waals surface area contributed by atoms with Gasteiger partial charge in [0.1, 0.15) is 5.82 Å². The number of pyridine rings is 2. The molecule has 2 rings (SSSR count). The van der Waals surface area contributed by atoms with Gasteiger partial charge in [-0.25, -0.2) is 9.97 Å². The summed E-state index contributed by atoms with van der Waals surface area (Å²) < 4.78 is 6.86. The van der Waals surface area contributed by atoms with Crippen LogP contribution in [0.1, 0.15) is 5.56 Å². The molecule has 18 heavy (non-hydrogen) atoms. The molecule has 0 aromatic carbocycles. The van der Waals surface area contributed by atoms with Gasteiger partial charge in [0.2, 0.25) is 5.88 Å². The molecule has 0 amide bonds. The first kappa shape index (κ1) is 13.3. The number of hydrogen-bond acceptors (Lipinski definition) is 4. The van der Waals surface area contributed by atoms with Gasteiger partial charge in [-0.3, -0.25) is 0 Å². The van der Waals surface area contributed by atoms with E-state index in [0.29, 0.717) is 12.4 Å². The summed E-state index contributed by atoms with van der Waals surface area (Å²) in [5, 5.41) is 3.23. The van der Waals surface area contributed by atoms with Gasteiger partial charge in [0.25, 0.3) is 0 Å². The van der Waals surface area contributed by atoms with E-state index in [4.69, 9.17) is 4.74 Å². The van der Waals surface area contributed by atoms with Gasteiger partial charge in [0.15, 0.2) is 0 Å². The van der Waals surface area contributed by atoms with Crippen LogP contribution in [-0.4, -0.2) is 17.1 Å². The first-order chi connectivity index (χ1) is 8.69.